The molecule has 11 heavy (non-hydrogen) atoms. The predicted octanol–water partition coefficient (Wildman–Crippen LogP) is 0.323. The van der Waals surface area contributed by atoms with Gasteiger partial charge in [-0.3, -0.25) is 4.90 Å². The van der Waals surface area contributed by atoms with Gasteiger partial charge in [0.05, 0.1) is 12.6 Å². The fourth-order valence-corrected chi connectivity index (χ4v) is 1.63. The second-order valence-electron chi connectivity index (χ2n) is 3.01. The zero-order valence-corrected chi connectivity index (χ0v) is 6.79. The summed E-state index contributed by atoms with van der Waals surface area (Å²) in [5, 5.41) is 8.50. The number of nitriles is 1. The summed E-state index contributed by atoms with van der Waals surface area (Å²) in [5.41, 5.74) is 5.57. The van der Waals surface area contributed by atoms with Crippen molar-refractivity contribution in [3.63, 3.8) is 0 Å². The summed E-state index contributed by atoms with van der Waals surface area (Å²) in [5.74, 6) is 0. The van der Waals surface area contributed by atoms with Gasteiger partial charge in [0.15, 0.2) is 0 Å². The number of nitrogens with two attached hydrogens (primary N) is 1. The predicted molar refractivity (Wildman–Crippen MR) is 43.9 cm³/mol. The molecule has 1 saturated heterocycles. The molecule has 0 aromatic heterocycles. The van der Waals surface area contributed by atoms with E-state index >= 15 is 0 Å². The third-order valence-electron chi connectivity index (χ3n) is 2.29. The Hall–Kier alpha value is -0.590. The van der Waals surface area contributed by atoms with E-state index in [1.807, 2.05) is 0 Å². The molecule has 1 atom stereocenters. The molecule has 0 bridgehead atoms. The summed E-state index contributed by atoms with van der Waals surface area (Å²) >= 11 is 0. The molecule has 2 N–H and O–H groups in total. The zero-order valence-electron chi connectivity index (χ0n) is 6.79. The highest BCUT2D eigenvalue weighted by molar-refractivity contribution is 4.84. The van der Waals surface area contributed by atoms with Crippen molar-refractivity contribution in [2.24, 2.45) is 5.73 Å². The van der Waals surface area contributed by atoms with Crippen molar-refractivity contribution >= 4 is 0 Å². The maximum Gasteiger partial charge on any atom is 0.0868 e. The second kappa shape index (κ2) is 4.32. The van der Waals surface area contributed by atoms with E-state index in [2.05, 4.69) is 11.0 Å². The molecule has 0 amide bonds. The first-order valence-electron chi connectivity index (χ1n) is 4.19. The first-order chi connectivity index (χ1) is 5.38. The fourth-order valence-electron chi connectivity index (χ4n) is 1.63. The Morgan fingerprint density at radius 2 is 2.36 bits per heavy atom. The molecule has 3 nitrogen and oxygen atoms in total. The molecule has 0 aromatic carbocycles. The van der Waals surface area contributed by atoms with E-state index in [1.165, 1.54) is 12.8 Å². The smallest absolute Gasteiger partial charge is 0.0868 e. The van der Waals surface area contributed by atoms with Crippen molar-refractivity contribution in [1.29, 1.82) is 5.26 Å². The Kier molecular flexibility index (Phi) is 3.34. The van der Waals surface area contributed by atoms with Crippen LogP contribution in [0.15, 0.2) is 0 Å². The molecule has 0 saturated carbocycles. The molecule has 0 aliphatic carbocycles. The van der Waals surface area contributed by atoms with E-state index in [0.717, 1.165) is 13.0 Å². The molecule has 1 fully saturated rings. The number of hydrogen-bond donors (Lipinski definition) is 1. The van der Waals surface area contributed by atoms with Gasteiger partial charge in [-0.1, -0.05) is 6.42 Å². The molecule has 1 aliphatic rings. The summed E-state index contributed by atoms with van der Waals surface area (Å²) in [6.07, 6.45) is 3.65. The van der Waals surface area contributed by atoms with Crippen LogP contribution in [-0.4, -0.2) is 30.6 Å². The molecule has 0 radical (unpaired) electrons. The van der Waals surface area contributed by atoms with E-state index in [1.54, 1.807) is 0 Å². The minimum absolute atomic E-state index is 0.461. The monoisotopic (exact) mass is 153 g/mol. The number of piperidine rings is 1. The van der Waals surface area contributed by atoms with Crippen LogP contribution < -0.4 is 5.73 Å². The lowest BCUT2D eigenvalue weighted by Crippen LogP contribution is -2.44. The highest BCUT2D eigenvalue weighted by Gasteiger charge is 2.19. The van der Waals surface area contributed by atoms with Crippen LogP contribution in [0.1, 0.15) is 19.3 Å². The van der Waals surface area contributed by atoms with Gasteiger partial charge in [-0.15, -0.1) is 0 Å². The van der Waals surface area contributed by atoms with E-state index in [9.17, 15) is 0 Å². The van der Waals surface area contributed by atoms with E-state index in [-0.39, 0.29) is 0 Å². The molecule has 0 aromatic rings. The number of nitrogens with zero attached hydrogens (tertiary/aromatic N) is 2. The van der Waals surface area contributed by atoms with Crippen molar-refractivity contribution in [2.75, 3.05) is 19.6 Å². The quantitative estimate of drug-likeness (QED) is 0.581. The van der Waals surface area contributed by atoms with Crippen molar-refractivity contribution in [3.05, 3.63) is 0 Å². The summed E-state index contributed by atoms with van der Waals surface area (Å²) in [6, 6.07) is 2.63. The van der Waals surface area contributed by atoms with Gasteiger partial charge in [0.25, 0.3) is 0 Å². The van der Waals surface area contributed by atoms with Crippen LogP contribution in [0.3, 0.4) is 0 Å². The summed E-state index contributed by atoms with van der Waals surface area (Å²) < 4.78 is 0. The largest absolute Gasteiger partial charge is 0.329 e. The molecular formula is C8H15N3. The molecular weight excluding hydrogens is 138 g/mol. The Bertz CT molecular complexity index is 150. The third kappa shape index (κ3) is 2.18. The standard InChI is InChI=1S/C8H15N3/c9-4-6-11-5-2-1-3-8(11)7-10/h8H,1-3,5-7,10H2. The van der Waals surface area contributed by atoms with Gasteiger partial charge in [-0.25, -0.2) is 0 Å². The highest BCUT2D eigenvalue weighted by Crippen LogP contribution is 2.14. The third-order valence-corrected chi connectivity index (χ3v) is 2.29. The van der Waals surface area contributed by atoms with Crippen LogP contribution in [0.4, 0.5) is 0 Å². The van der Waals surface area contributed by atoms with E-state index < -0.39 is 0 Å². The number of hydrogen-bond acceptors (Lipinski definition) is 3. The SMILES string of the molecule is N#CCN1CCCCC1CN. The Morgan fingerprint density at radius 1 is 1.55 bits per heavy atom. The van der Waals surface area contributed by atoms with E-state index in [4.69, 9.17) is 11.0 Å². The molecule has 62 valence electrons. The number of rotatable bonds is 2. The molecule has 0 spiro atoms. The van der Waals surface area contributed by atoms with Crippen molar-refractivity contribution in [1.82, 2.24) is 4.90 Å². The van der Waals surface area contributed by atoms with Gasteiger partial charge in [0, 0.05) is 12.6 Å². The van der Waals surface area contributed by atoms with Crippen molar-refractivity contribution < 1.29 is 0 Å². The Morgan fingerprint density at radius 3 is 3.00 bits per heavy atom. The highest BCUT2D eigenvalue weighted by atomic mass is 15.2. The van der Waals surface area contributed by atoms with Crippen LogP contribution in [0.25, 0.3) is 0 Å². The summed E-state index contributed by atoms with van der Waals surface area (Å²) in [7, 11) is 0. The maximum atomic E-state index is 8.50. The molecule has 1 unspecified atom stereocenters. The average molecular weight is 153 g/mol. The van der Waals surface area contributed by atoms with Gasteiger partial charge in [-0.05, 0) is 19.4 Å². The summed E-state index contributed by atoms with van der Waals surface area (Å²) in [4.78, 5) is 2.18. The topological polar surface area (TPSA) is 53.0 Å². The van der Waals surface area contributed by atoms with Crippen LogP contribution in [0.5, 0.6) is 0 Å². The van der Waals surface area contributed by atoms with Crippen LogP contribution in [0, 0.1) is 11.3 Å². The molecule has 3 heteroatoms. The normalized spacial score (nSPS) is 26.4. The Labute approximate surface area is 67.8 Å². The lowest BCUT2D eigenvalue weighted by Gasteiger charge is -2.32. The zero-order chi connectivity index (χ0) is 8.10. The average Bonchev–Trinajstić information content (AvgIpc) is 2.06. The van der Waals surface area contributed by atoms with E-state index in [0.29, 0.717) is 19.1 Å². The van der Waals surface area contributed by atoms with Gasteiger partial charge >= 0.3 is 0 Å². The Balaban J connectivity index is 2.39. The van der Waals surface area contributed by atoms with Crippen LogP contribution in [-0.2, 0) is 0 Å². The van der Waals surface area contributed by atoms with Gasteiger partial charge < -0.3 is 5.73 Å². The van der Waals surface area contributed by atoms with Gasteiger partial charge in [0.2, 0.25) is 0 Å². The van der Waals surface area contributed by atoms with Gasteiger partial charge in [0.1, 0.15) is 0 Å². The molecule has 1 heterocycles. The van der Waals surface area contributed by atoms with Crippen LogP contribution >= 0.6 is 0 Å². The lowest BCUT2D eigenvalue weighted by atomic mass is 10.0. The first kappa shape index (κ1) is 8.51. The molecule has 1 rings (SSSR count). The fraction of sp³-hybridized carbons (Fsp3) is 0.875. The minimum Gasteiger partial charge on any atom is -0.329 e. The van der Waals surface area contributed by atoms with Crippen molar-refractivity contribution in [3.8, 4) is 6.07 Å². The minimum atomic E-state index is 0.461. The molecule has 1 aliphatic heterocycles. The summed E-state index contributed by atoms with van der Waals surface area (Å²) in [6.45, 7) is 2.29. The lowest BCUT2D eigenvalue weighted by molar-refractivity contribution is 0.172. The number of likely N-dealkylation sites (tertiary alicyclic amines) is 1. The second-order valence-corrected chi connectivity index (χ2v) is 3.01. The van der Waals surface area contributed by atoms with Crippen molar-refractivity contribution in [2.45, 2.75) is 25.3 Å². The van der Waals surface area contributed by atoms with Crippen LogP contribution in [0.2, 0.25) is 0 Å². The van der Waals surface area contributed by atoms with Gasteiger partial charge in [-0.2, -0.15) is 5.26 Å². The maximum absolute atomic E-state index is 8.50. The first-order valence-corrected chi connectivity index (χ1v) is 4.19.